The Balaban J connectivity index is 1.18. The Hall–Kier alpha value is -3.06. The predicted octanol–water partition coefficient (Wildman–Crippen LogP) is 18.9. The minimum absolute atomic E-state index is 0.578. The van der Waals surface area contributed by atoms with E-state index in [0.29, 0.717) is 38.3 Å². The molecule has 3 aliphatic rings. The van der Waals surface area contributed by atoms with E-state index in [1.807, 2.05) is 68.0 Å². The van der Waals surface area contributed by atoms with Gasteiger partial charge in [-0.15, -0.1) is 68.0 Å². The maximum absolute atomic E-state index is 6.76. The van der Waals surface area contributed by atoms with Gasteiger partial charge in [0.25, 0.3) is 0 Å². The summed E-state index contributed by atoms with van der Waals surface area (Å²) in [5, 5.41) is 6.35. The lowest BCUT2D eigenvalue weighted by Crippen LogP contribution is -2.16. The lowest BCUT2D eigenvalue weighted by atomic mass is 9.94. The highest BCUT2D eigenvalue weighted by Crippen LogP contribution is 2.61. The van der Waals surface area contributed by atoms with Crippen molar-refractivity contribution in [2.24, 2.45) is 11.8 Å². The highest BCUT2D eigenvalue weighted by molar-refractivity contribution is 7.34. The summed E-state index contributed by atoms with van der Waals surface area (Å²) >= 11 is 11.8. The minimum Gasteiger partial charge on any atom is -0.485 e. The van der Waals surface area contributed by atoms with Crippen molar-refractivity contribution in [3.8, 4) is 53.6 Å². The molecule has 0 radical (unpaired) electrons. The molecule has 9 heterocycles. The molecule has 10 rings (SSSR count). The smallest absolute Gasteiger partial charge is 0.180 e. The summed E-state index contributed by atoms with van der Waals surface area (Å²) in [5.41, 5.74) is 4.20. The molecule has 7 aromatic rings. The number of aryl methyl sites for hydroxylation is 1. The summed E-state index contributed by atoms with van der Waals surface area (Å²) in [7, 11) is 0. The monoisotopic (exact) mass is 1010 g/mol. The van der Waals surface area contributed by atoms with Crippen molar-refractivity contribution >= 4 is 103 Å². The molecule has 0 bridgehead atoms. The van der Waals surface area contributed by atoms with Crippen LogP contribution in [-0.2, 0) is 19.3 Å². The van der Waals surface area contributed by atoms with Crippen LogP contribution in [0.25, 0.3) is 60.2 Å². The van der Waals surface area contributed by atoms with Crippen LogP contribution in [0.2, 0.25) is 0 Å². The summed E-state index contributed by atoms with van der Waals surface area (Å²) in [6.07, 6.45) is 25.5. The number of benzene rings is 1. The van der Waals surface area contributed by atoms with Crippen LogP contribution >= 0.6 is 68.0 Å². The van der Waals surface area contributed by atoms with Crippen molar-refractivity contribution in [3.05, 3.63) is 51.0 Å². The standard InChI is InChI=1S/C56H69NO4S6/c1-6-11-14-15-16-17-22-38-51(65-43-34-44(67-52(38)43)57-24-18-19-25-57)42-33-39-46(56-50-48(59-27-29-61-50)41(64-56)32-36(10-5)21-13-8-3)53-37(23-30-62-53)45(54(39)66-42)55-49-47(58-26-28-60-49)40(63-55)31-35(9-4)20-12-7-2/h18-19,23,30,33-36H,6-17,20-22,24-29,31-32H2,1-5H3. The lowest BCUT2D eigenvalue weighted by Gasteiger charge is -2.20. The normalized spacial score (nSPS) is 15.6. The van der Waals surface area contributed by atoms with Gasteiger partial charge in [0.1, 0.15) is 26.4 Å². The number of nitrogens with zero attached hydrogens (tertiary/aromatic N) is 1. The van der Waals surface area contributed by atoms with Gasteiger partial charge in [0.05, 0.1) is 29.2 Å². The van der Waals surface area contributed by atoms with Crippen molar-refractivity contribution in [2.45, 2.75) is 144 Å². The van der Waals surface area contributed by atoms with Gasteiger partial charge in [-0.3, -0.25) is 0 Å². The number of ether oxygens (including phenoxy) is 4. The number of hydrogen-bond acceptors (Lipinski definition) is 11. The molecule has 0 amide bonds. The summed E-state index contributed by atoms with van der Waals surface area (Å²) in [4.78, 5) is 10.6. The van der Waals surface area contributed by atoms with E-state index in [1.165, 1.54) is 165 Å². The Morgan fingerprint density at radius 3 is 1.75 bits per heavy atom. The van der Waals surface area contributed by atoms with Gasteiger partial charge < -0.3 is 23.8 Å². The SMILES string of the molecule is CCCCCCCCc1c(-c2cc3c(-c4sc(CC(CC)CCCC)c5c4OCCO5)c4sccc4c(-c4sc(CC(CC)CCCC)c5c4OCCO5)c3s2)sc2cc(N3CC=CC3)sc12. The van der Waals surface area contributed by atoms with E-state index in [9.17, 15) is 0 Å². The largest absolute Gasteiger partial charge is 0.485 e. The number of rotatable bonds is 23. The van der Waals surface area contributed by atoms with Crippen molar-refractivity contribution in [3.63, 3.8) is 0 Å². The fourth-order valence-corrected chi connectivity index (χ4v) is 18.5. The first-order chi connectivity index (χ1) is 33.0. The molecular formula is C56H69NO4S6. The topological polar surface area (TPSA) is 40.2 Å². The molecule has 11 heteroatoms. The molecule has 0 N–H and O–H groups in total. The van der Waals surface area contributed by atoms with E-state index in [-0.39, 0.29) is 0 Å². The fourth-order valence-electron chi connectivity index (χ4n) is 10.5. The van der Waals surface area contributed by atoms with Gasteiger partial charge in [0, 0.05) is 58.8 Å². The first-order valence-electron chi connectivity index (χ1n) is 25.8. The molecule has 1 aromatic carbocycles. The Bertz CT molecular complexity index is 2670. The zero-order valence-electron chi connectivity index (χ0n) is 40.4. The van der Waals surface area contributed by atoms with Crippen molar-refractivity contribution in [1.29, 1.82) is 0 Å². The van der Waals surface area contributed by atoms with E-state index in [0.717, 1.165) is 55.4 Å². The molecule has 3 aliphatic heterocycles. The second kappa shape index (κ2) is 21.9. The molecule has 0 saturated heterocycles. The maximum atomic E-state index is 6.76. The van der Waals surface area contributed by atoms with Crippen LogP contribution in [0.1, 0.15) is 140 Å². The van der Waals surface area contributed by atoms with E-state index in [4.69, 9.17) is 18.9 Å². The molecule has 358 valence electrons. The van der Waals surface area contributed by atoms with Crippen LogP contribution in [0.5, 0.6) is 23.0 Å². The van der Waals surface area contributed by atoms with E-state index < -0.39 is 0 Å². The average Bonchev–Trinajstić information content (AvgIpc) is 4.23. The van der Waals surface area contributed by atoms with Crippen LogP contribution < -0.4 is 23.8 Å². The first kappa shape index (κ1) is 47.6. The third-order valence-electron chi connectivity index (χ3n) is 14.4. The van der Waals surface area contributed by atoms with Gasteiger partial charge in [-0.05, 0) is 66.7 Å². The molecule has 0 saturated carbocycles. The van der Waals surface area contributed by atoms with Gasteiger partial charge >= 0.3 is 0 Å². The second-order valence-electron chi connectivity index (χ2n) is 19.0. The Labute approximate surface area is 423 Å². The van der Waals surface area contributed by atoms with Gasteiger partial charge in [-0.25, -0.2) is 0 Å². The average molecular weight is 1010 g/mol. The van der Waals surface area contributed by atoms with Crippen LogP contribution in [0.4, 0.5) is 5.00 Å². The first-order valence-corrected chi connectivity index (χ1v) is 30.7. The van der Waals surface area contributed by atoms with E-state index in [2.05, 4.69) is 75.2 Å². The zero-order valence-corrected chi connectivity index (χ0v) is 45.3. The number of unbranched alkanes of at least 4 members (excludes halogenated alkanes) is 7. The fraction of sp³-hybridized carbons (Fsp3) is 0.536. The van der Waals surface area contributed by atoms with Crippen molar-refractivity contribution in [2.75, 3.05) is 44.4 Å². The van der Waals surface area contributed by atoms with Crippen molar-refractivity contribution < 1.29 is 18.9 Å². The zero-order chi connectivity index (χ0) is 45.9. The van der Waals surface area contributed by atoms with Gasteiger partial charge in [-0.2, -0.15) is 0 Å². The number of fused-ring (bicyclic) bond motifs is 5. The lowest BCUT2D eigenvalue weighted by molar-refractivity contribution is 0.172. The number of hydrogen-bond donors (Lipinski definition) is 0. The Morgan fingerprint density at radius 1 is 0.552 bits per heavy atom. The summed E-state index contributed by atoms with van der Waals surface area (Å²) < 4.78 is 32.4. The van der Waals surface area contributed by atoms with Crippen LogP contribution in [-0.4, -0.2) is 39.5 Å². The highest BCUT2D eigenvalue weighted by atomic mass is 32.1. The highest BCUT2D eigenvalue weighted by Gasteiger charge is 2.34. The van der Waals surface area contributed by atoms with Crippen LogP contribution in [0, 0.1) is 11.8 Å². The Morgan fingerprint density at radius 2 is 1.13 bits per heavy atom. The Kier molecular flexibility index (Phi) is 15.6. The third kappa shape index (κ3) is 9.61. The summed E-state index contributed by atoms with van der Waals surface area (Å²) in [6.45, 7) is 16.0. The number of anilines is 1. The maximum Gasteiger partial charge on any atom is 0.180 e. The molecule has 2 unspecified atom stereocenters. The molecule has 5 nitrogen and oxygen atoms in total. The summed E-state index contributed by atoms with van der Waals surface area (Å²) in [6, 6.07) is 7.47. The summed E-state index contributed by atoms with van der Waals surface area (Å²) in [5.74, 6) is 5.18. The predicted molar refractivity (Wildman–Crippen MR) is 297 cm³/mol. The van der Waals surface area contributed by atoms with E-state index >= 15 is 0 Å². The van der Waals surface area contributed by atoms with E-state index in [1.54, 1.807) is 5.56 Å². The van der Waals surface area contributed by atoms with Gasteiger partial charge in [0.2, 0.25) is 0 Å². The molecule has 67 heavy (non-hydrogen) atoms. The molecule has 2 atom stereocenters. The van der Waals surface area contributed by atoms with Gasteiger partial charge in [-0.1, -0.05) is 130 Å². The molecule has 6 aromatic heterocycles. The molecular weight excluding hydrogens is 943 g/mol. The minimum atomic E-state index is 0.578. The van der Waals surface area contributed by atoms with Crippen LogP contribution in [0.15, 0.2) is 35.7 Å². The van der Waals surface area contributed by atoms with Crippen LogP contribution in [0.3, 0.4) is 0 Å². The third-order valence-corrected chi connectivity index (χ3v) is 21.6. The molecule has 0 fully saturated rings. The number of thiophene rings is 6. The quantitative estimate of drug-likeness (QED) is 0.0472. The van der Waals surface area contributed by atoms with Crippen molar-refractivity contribution in [1.82, 2.24) is 0 Å². The van der Waals surface area contributed by atoms with Gasteiger partial charge in [0.15, 0.2) is 23.0 Å². The molecule has 0 spiro atoms. The second-order valence-corrected chi connectivity index (χ2v) is 25.3. The molecule has 0 aliphatic carbocycles.